The van der Waals surface area contributed by atoms with Crippen molar-refractivity contribution in [1.82, 2.24) is 0 Å². The molecule has 0 fully saturated rings. The molecule has 1 aromatic rings. The van der Waals surface area contributed by atoms with Crippen LogP contribution in [-0.4, -0.2) is 10.2 Å². The summed E-state index contributed by atoms with van der Waals surface area (Å²) in [5, 5.41) is 19.2. The topological polar surface area (TPSA) is 40.5 Å². The van der Waals surface area contributed by atoms with Gasteiger partial charge in [-0.2, -0.15) is 0 Å². The summed E-state index contributed by atoms with van der Waals surface area (Å²) in [5.41, 5.74) is 0.856. The third-order valence-electron chi connectivity index (χ3n) is 4.75. The van der Waals surface area contributed by atoms with Gasteiger partial charge in [0.25, 0.3) is 0 Å². The molecule has 0 bridgehead atoms. The highest BCUT2D eigenvalue weighted by Gasteiger charge is 2.04. The number of aromatic hydroxyl groups is 2. The molecule has 0 aliphatic rings. The number of hydrogen-bond acceptors (Lipinski definition) is 2. The van der Waals surface area contributed by atoms with E-state index in [0.29, 0.717) is 0 Å². The molecule has 0 saturated carbocycles. The standard InChI is InChI=1S/C24H38O2/c1-2-3-4-5-6-7-8-9-10-11-12-13-14-15-16-17-19-22-20-18-21-23(25)24(22)26/h6-7,9-10,18,20-21,25-26H,2-5,8,11-17,19H2,1H3/b7-6-,10-9-. The Hall–Kier alpha value is -1.70. The summed E-state index contributed by atoms with van der Waals surface area (Å²) < 4.78 is 0. The molecule has 2 heteroatoms. The second-order valence-electron chi connectivity index (χ2n) is 7.12. The molecular formula is C24H38O2. The number of hydrogen-bond donors (Lipinski definition) is 2. The summed E-state index contributed by atoms with van der Waals surface area (Å²) in [5.74, 6) is 0.0395. The van der Waals surface area contributed by atoms with Gasteiger partial charge in [0.05, 0.1) is 0 Å². The molecule has 26 heavy (non-hydrogen) atoms. The monoisotopic (exact) mass is 358 g/mol. The number of rotatable bonds is 15. The van der Waals surface area contributed by atoms with Gasteiger partial charge in [-0.05, 0) is 56.6 Å². The lowest BCUT2D eigenvalue weighted by Crippen LogP contribution is -1.87. The largest absolute Gasteiger partial charge is 0.504 e. The van der Waals surface area contributed by atoms with Crippen LogP contribution in [0.15, 0.2) is 42.5 Å². The number of benzene rings is 1. The maximum atomic E-state index is 9.76. The second-order valence-corrected chi connectivity index (χ2v) is 7.12. The molecule has 0 heterocycles. The van der Waals surface area contributed by atoms with Gasteiger partial charge in [-0.3, -0.25) is 0 Å². The van der Waals surface area contributed by atoms with Gasteiger partial charge in [0.2, 0.25) is 0 Å². The summed E-state index contributed by atoms with van der Waals surface area (Å²) in [6.07, 6.45) is 24.9. The van der Waals surface area contributed by atoms with Crippen LogP contribution in [0, 0.1) is 0 Å². The van der Waals surface area contributed by atoms with Gasteiger partial charge < -0.3 is 10.2 Å². The van der Waals surface area contributed by atoms with Gasteiger partial charge in [-0.1, -0.05) is 81.9 Å². The molecule has 0 spiro atoms. The Morgan fingerprint density at radius 1 is 0.731 bits per heavy atom. The zero-order valence-electron chi connectivity index (χ0n) is 16.6. The van der Waals surface area contributed by atoms with Gasteiger partial charge in [0.15, 0.2) is 11.5 Å². The van der Waals surface area contributed by atoms with Crippen molar-refractivity contribution in [3.8, 4) is 11.5 Å². The van der Waals surface area contributed by atoms with Gasteiger partial charge in [0, 0.05) is 0 Å². The molecule has 1 rings (SSSR count). The van der Waals surface area contributed by atoms with E-state index in [1.807, 2.05) is 6.07 Å². The van der Waals surface area contributed by atoms with E-state index in [4.69, 9.17) is 0 Å². The fraction of sp³-hybridized carbons (Fsp3) is 0.583. The first-order chi connectivity index (χ1) is 12.8. The first kappa shape index (κ1) is 22.3. The number of phenolic OH excluding ortho intramolecular Hbond substituents is 2. The van der Waals surface area contributed by atoms with Crippen LogP contribution in [0.3, 0.4) is 0 Å². The van der Waals surface area contributed by atoms with E-state index in [1.165, 1.54) is 70.3 Å². The molecule has 0 aliphatic heterocycles. The van der Waals surface area contributed by atoms with Crippen molar-refractivity contribution in [2.24, 2.45) is 0 Å². The van der Waals surface area contributed by atoms with Crippen LogP contribution in [0.2, 0.25) is 0 Å². The van der Waals surface area contributed by atoms with Gasteiger partial charge in [-0.15, -0.1) is 0 Å². The van der Waals surface area contributed by atoms with Crippen molar-refractivity contribution in [2.75, 3.05) is 0 Å². The van der Waals surface area contributed by atoms with E-state index in [-0.39, 0.29) is 11.5 Å². The SMILES string of the molecule is CCCCC/C=C\C/C=C\CCCCCCCCc1cccc(O)c1O. The van der Waals surface area contributed by atoms with Crippen LogP contribution in [-0.2, 0) is 6.42 Å². The highest BCUT2D eigenvalue weighted by molar-refractivity contribution is 5.44. The maximum Gasteiger partial charge on any atom is 0.160 e. The fourth-order valence-electron chi connectivity index (χ4n) is 3.08. The summed E-state index contributed by atoms with van der Waals surface area (Å²) >= 11 is 0. The van der Waals surface area contributed by atoms with E-state index < -0.39 is 0 Å². The molecule has 0 atom stereocenters. The molecule has 0 aliphatic carbocycles. The molecule has 0 unspecified atom stereocenters. The van der Waals surface area contributed by atoms with E-state index in [1.54, 1.807) is 6.07 Å². The minimum absolute atomic E-state index is 0.0115. The Kier molecular flexibility index (Phi) is 13.4. The zero-order valence-corrected chi connectivity index (χ0v) is 16.6. The lowest BCUT2D eigenvalue weighted by molar-refractivity contribution is 0.398. The lowest BCUT2D eigenvalue weighted by atomic mass is 10.0. The number of para-hydroxylation sites is 1. The van der Waals surface area contributed by atoms with Crippen LogP contribution in [0.5, 0.6) is 11.5 Å². The minimum atomic E-state index is -0.0115. The van der Waals surface area contributed by atoms with Crippen molar-refractivity contribution >= 4 is 0 Å². The number of allylic oxidation sites excluding steroid dienone is 4. The number of phenols is 2. The number of aryl methyl sites for hydroxylation is 1. The summed E-state index contributed by atoms with van der Waals surface area (Å²) in [6.45, 7) is 2.25. The second kappa shape index (κ2) is 15.5. The smallest absolute Gasteiger partial charge is 0.160 e. The van der Waals surface area contributed by atoms with Crippen molar-refractivity contribution in [1.29, 1.82) is 0 Å². The summed E-state index contributed by atoms with van der Waals surface area (Å²) in [6, 6.07) is 5.21. The van der Waals surface area contributed by atoms with Crippen LogP contribution in [0.25, 0.3) is 0 Å². The van der Waals surface area contributed by atoms with Crippen molar-refractivity contribution in [3.63, 3.8) is 0 Å². The first-order valence-electron chi connectivity index (χ1n) is 10.6. The van der Waals surface area contributed by atoms with Crippen LogP contribution >= 0.6 is 0 Å². The summed E-state index contributed by atoms with van der Waals surface area (Å²) in [7, 11) is 0. The maximum absolute atomic E-state index is 9.76. The van der Waals surface area contributed by atoms with Crippen LogP contribution in [0.1, 0.15) is 89.5 Å². The Labute approximate surface area is 160 Å². The molecule has 1 aromatic carbocycles. The minimum Gasteiger partial charge on any atom is -0.504 e. The average Bonchev–Trinajstić information content (AvgIpc) is 2.64. The lowest BCUT2D eigenvalue weighted by Gasteiger charge is -2.06. The van der Waals surface area contributed by atoms with Gasteiger partial charge >= 0.3 is 0 Å². The molecule has 2 nitrogen and oxygen atoms in total. The van der Waals surface area contributed by atoms with Gasteiger partial charge in [0.1, 0.15) is 0 Å². The molecule has 0 radical (unpaired) electrons. The fourth-order valence-corrected chi connectivity index (χ4v) is 3.08. The Bertz CT molecular complexity index is 517. The van der Waals surface area contributed by atoms with Gasteiger partial charge in [-0.25, -0.2) is 0 Å². The molecule has 2 N–H and O–H groups in total. The Morgan fingerprint density at radius 2 is 1.35 bits per heavy atom. The third-order valence-corrected chi connectivity index (χ3v) is 4.75. The first-order valence-corrected chi connectivity index (χ1v) is 10.6. The number of unbranched alkanes of at least 4 members (excludes halogenated alkanes) is 9. The average molecular weight is 359 g/mol. The quantitative estimate of drug-likeness (QED) is 0.194. The molecule has 0 aromatic heterocycles. The normalized spacial score (nSPS) is 11.7. The molecule has 0 amide bonds. The van der Waals surface area contributed by atoms with Crippen molar-refractivity contribution < 1.29 is 10.2 Å². The zero-order chi connectivity index (χ0) is 18.9. The van der Waals surface area contributed by atoms with Crippen molar-refractivity contribution in [3.05, 3.63) is 48.1 Å². The van der Waals surface area contributed by atoms with Crippen molar-refractivity contribution in [2.45, 2.75) is 90.4 Å². The third kappa shape index (κ3) is 11.0. The molecular weight excluding hydrogens is 320 g/mol. The predicted octanol–water partition coefficient (Wildman–Crippen LogP) is 7.45. The molecule has 0 saturated heterocycles. The molecule has 146 valence electrons. The highest BCUT2D eigenvalue weighted by Crippen LogP contribution is 2.29. The van der Waals surface area contributed by atoms with E-state index in [0.717, 1.165) is 24.8 Å². The van der Waals surface area contributed by atoms with E-state index in [9.17, 15) is 10.2 Å². The van der Waals surface area contributed by atoms with E-state index >= 15 is 0 Å². The summed E-state index contributed by atoms with van der Waals surface area (Å²) in [4.78, 5) is 0. The predicted molar refractivity (Wildman–Crippen MR) is 113 cm³/mol. The Morgan fingerprint density at radius 3 is 2.04 bits per heavy atom. The highest BCUT2D eigenvalue weighted by atomic mass is 16.3. The van der Waals surface area contributed by atoms with E-state index in [2.05, 4.69) is 31.2 Å². The van der Waals surface area contributed by atoms with Crippen LogP contribution in [0.4, 0.5) is 0 Å². The Balaban J connectivity index is 1.90. The van der Waals surface area contributed by atoms with Crippen LogP contribution < -0.4 is 0 Å².